The van der Waals surface area contributed by atoms with Crippen molar-refractivity contribution >= 4 is 17.9 Å². The molecular weight excluding hydrogens is 973 g/mol. The molecule has 0 aromatic rings. The monoisotopic (exact) mass is 1090 g/mol. The van der Waals surface area contributed by atoms with Crippen LogP contribution < -0.4 is 0 Å². The van der Waals surface area contributed by atoms with Gasteiger partial charge in [-0.3, -0.25) is 14.4 Å². The number of ether oxygens (including phenoxy) is 3. The summed E-state index contributed by atoms with van der Waals surface area (Å²) in [5, 5.41) is 0. The highest BCUT2D eigenvalue weighted by Crippen LogP contribution is 2.16. The van der Waals surface area contributed by atoms with Crippen molar-refractivity contribution in [2.75, 3.05) is 13.2 Å². The Morgan fingerprint density at radius 1 is 0.266 bits per heavy atom. The minimum absolute atomic E-state index is 0.0922. The smallest absolute Gasteiger partial charge is 0.306 e. The Morgan fingerprint density at radius 2 is 0.494 bits per heavy atom. The Kier molecular flexibility index (Phi) is 62.8. The fourth-order valence-corrected chi connectivity index (χ4v) is 9.04. The molecule has 1 unspecified atom stereocenters. The molecular formula is C73H122O6. The highest BCUT2D eigenvalue weighted by molar-refractivity contribution is 5.71. The van der Waals surface area contributed by atoms with Gasteiger partial charge in [-0.25, -0.2) is 0 Å². The first kappa shape index (κ1) is 74.8. The maximum atomic E-state index is 12.9. The SMILES string of the molecule is CC/C=C\C/C=C\C/C=C\C/C=C\C/C=C\CCCCCCCC(=O)OC(COC(=O)CCCCCCCCC/C=C\C/C=C\C/C=C\CC)COC(=O)CCCCCCCCCCCCC/C=C\C/C=C\CCCCCCC. The average molecular weight is 1100 g/mol. The number of unbranched alkanes of at least 4 members (excludes halogenated alkanes) is 28. The molecule has 0 radical (unpaired) electrons. The fraction of sp³-hybridized carbons (Fsp3) is 0.685. The molecule has 79 heavy (non-hydrogen) atoms. The minimum Gasteiger partial charge on any atom is -0.462 e. The summed E-state index contributed by atoms with van der Waals surface area (Å²) in [5.41, 5.74) is 0. The van der Waals surface area contributed by atoms with Gasteiger partial charge in [-0.2, -0.15) is 0 Å². The van der Waals surface area contributed by atoms with Crippen molar-refractivity contribution < 1.29 is 28.6 Å². The van der Waals surface area contributed by atoms with Crippen LogP contribution in [0.4, 0.5) is 0 Å². The number of esters is 3. The van der Waals surface area contributed by atoms with Crippen molar-refractivity contribution in [3.63, 3.8) is 0 Å². The van der Waals surface area contributed by atoms with Crippen LogP contribution in [0.1, 0.15) is 303 Å². The predicted octanol–water partition coefficient (Wildman–Crippen LogP) is 22.8. The van der Waals surface area contributed by atoms with Crippen molar-refractivity contribution in [1.29, 1.82) is 0 Å². The summed E-state index contributed by atoms with van der Waals surface area (Å²) in [7, 11) is 0. The summed E-state index contributed by atoms with van der Waals surface area (Å²) in [6.07, 6.45) is 92.0. The molecule has 6 nitrogen and oxygen atoms in total. The van der Waals surface area contributed by atoms with E-state index in [1.54, 1.807) is 0 Å². The zero-order valence-corrected chi connectivity index (χ0v) is 51.6. The van der Waals surface area contributed by atoms with Gasteiger partial charge >= 0.3 is 17.9 Å². The second-order valence-electron chi connectivity index (χ2n) is 21.6. The van der Waals surface area contributed by atoms with Gasteiger partial charge in [0.05, 0.1) is 0 Å². The molecule has 0 rings (SSSR count). The van der Waals surface area contributed by atoms with Gasteiger partial charge in [-0.1, -0.05) is 277 Å². The number of allylic oxidation sites excluding steroid dienone is 20. The van der Waals surface area contributed by atoms with Crippen molar-refractivity contribution in [2.24, 2.45) is 0 Å². The fourth-order valence-electron chi connectivity index (χ4n) is 9.04. The van der Waals surface area contributed by atoms with Crippen LogP contribution in [0.5, 0.6) is 0 Å². The summed E-state index contributed by atoms with van der Waals surface area (Å²) >= 11 is 0. The minimum atomic E-state index is -0.799. The van der Waals surface area contributed by atoms with Gasteiger partial charge in [0.15, 0.2) is 6.10 Å². The molecule has 0 saturated heterocycles. The maximum Gasteiger partial charge on any atom is 0.306 e. The number of hydrogen-bond donors (Lipinski definition) is 0. The first-order chi connectivity index (χ1) is 39.0. The van der Waals surface area contributed by atoms with Crippen LogP contribution in [0.2, 0.25) is 0 Å². The van der Waals surface area contributed by atoms with Crippen LogP contribution in [-0.4, -0.2) is 37.2 Å². The zero-order valence-electron chi connectivity index (χ0n) is 51.6. The van der Waals surface area contributed by atoms with Crippen molar-refractivity contribution in [3.05, 3.63) is 122 Å². The van der Waals surface area contributed by atoms with Crippen LogP contribution in [0.3, 0.4) is 0 Å². The Balaban J connectivity index is 4.43. The summed E-state index contributed by atoms with van der Waals surface area (Å²) in [5.74, 6) is -0.916. The van der Waals surface area contributed by atoms with E-state index >= 15 is 0 Å². The highest BCUT2D eigenvalue weighted by atomic mass is 16.6. The molecule has 0 bridgehead atoms. The molecule has 0 aromatic carbocycles. The lowest BCUT2D eigenvalue weighted by Gasteiger charge is -2.18. The average Bonchev–Trinajstić information content (AvgIpc) is 3.45. The molecule has 0 aliphatic carbocycles. The predicted molar refractivity (Wildman–Crippen MR) is 343 cm³/mol. The summed E-state index contributed by atoms with van der Waals surface area (Å²) < 4.78 is 16.9. The van der Waals surface area contributed by atoms with Gasteiger partial charge in [-0.05, 0) is 128 Å². The van der Waals surface area contributed by atoms with E-state index in [9.17, 15) is 14.4 Å². The molecule has 0 heterocycles. The van der Waals surface area contributed by atoms with Crippen LogP contribution in [-0.2, 0) is 28.6 Å². The molecule has 0 aromatic heterocycles. The van der Waals surface area contributed by atoms with Gasteiger partial charge < -0.3 is 14.2 Å². The highest BCUT2D eigenvalue weighted by Gasteiger charge is 2.19. The number of carbonyl (C=O) groups is 3. The summed E-state index contributed by atoms with van der Waals surface area (Å²) in [6, 6.07) is 0. The molecule has 0 spiro atoms. The van der Waals surface area contributed by atoms with E-state index in [0.29, 0.717) is 19.3 Å². The standard InChI is InChI=1S/C73H122O6/c1-4-7-10-13-16-19-22-25-28-31-33-35-36-38-39-42-45-48-51-54-57-60-63-66-72(75)78-69-70(68-77-71(74)65-62-59-56-53-50-47-44-41-30-27-24-21-18-15-12-9-6-3)79-73(76)67-64-61-58-55-52-49-46-43-40-37-34-32-29-26-23-20-17-14-11-8-5-2/h8-9,11-12,17-18,20-22,25-27,29-31,33-34,37,43,46,70H,4-7,10,13-16,19,23-24,28,32,35-36,38-42,44-45,47-69H2,1-3H3/b11-8-,12-9-,20-17-,21-18-,25-22-,29-26-,30-27-,33-31-,37-34-,46-43-. The summed E-state index contributed by atoms with van der Waals surface area (Å²) in [6.45, 7) is 6.40. The van der Waals surface area contributed by atoms with Gasteiger partial charge in [0.1, 0.15) is 13.2 Å². The molecule has 450 valence electrons. The van der Waals surface area contributed by atoms with E-state index in [0.717, 1.165) is 141 Å². The number of hydrogen-bond acceptors (Lipinski definition) is 6. The molecule has 0 saturated carbocycles. The molecule has 6 heteroatoms. The Hall–Kier alpha value is -4.19. The van der Waals surface area contributed by atoms with Crippen molar-refractivity contribution in [2.45, 2.75) is 309 Å². The largest absolute Gasteiger partial charge is 0.462 e. The Bertz CT molecular complexity index is 1640. The lowest BCUT2D eigenvalue weighted by Crippen LogP contribution is -2.30. The van der Waals surface area contributed by atoms with Gasteiger partial charge in [0.2, 0.25) is 0 Å². The quantitative estimate of drug-likeness (QED) is 0.0261. The molecule has 0 aliphatic heterocycles. The van der Waals surface area contributed by atoms with Gasteiger partial charge in [0, 0.05) is 19.3 Å². The number of rotatable bonds is 59. The van der Waals surface area contributed by atoms with Crippen LogP contribution >= 0.6 is 0 Å². The Labute approximate surface area is 488 Å². The van der Waals surface area contributed by atoms with E-state index in [4.69, 9.17) is 14.2 Å². The maximum absolute atomic E-state index is 12.9. The molecule has 1 atom stereocenters. The first-order valence-electron chi connectivity index (χ1n) is 33.0. The second kappa shape index (κ2) is 66.3. The van der Waals surface area contributed by atoms with E-state index < -0.39 is 6.10 Å². The number of carbonyl (C=O) groups excluding carboxylic acids is 3. The third-order valence-electron chi connectivity index (χ3n) is 13.9. The third-order valence-corrected chi connectivity index (χ3v) is 13.9. The first-order valence-corrected chi connectivity index (χ1v) is 33.0. The topological polar surface area (TPSA) is 78.9 Å². The van der Waals surface area contributed by atoms with Crippen molar-refractivity contribution in [3.8, 4) is 0 Å². The molecule has 0 N–H and O–H groups in total. The third kappa shape index (κ3) is 64.5. The van der Waals surface area contributed by atoms with Crippen LogP contribution in [0, 0.1) is 0 Å². The second-order valence-corrected chi connectivity index (χ2v) is 21.6. The summed E-state index contributed by atoms with van der Waals surface area (Å²) in [4.78, 5) is 38.4. The molecule has 0 aliphatic rings. The molecule has 0 fully saturated rings. The van der Waals surface area contributed by atoms with E-state index in [1.807, 2.05) is 0 Å². The Morgan fingerprint density at radius 3 is 0.772 bits per heavy atom. The van der Waals surface area contributed by atoms with Gasteiger partial charge in [-0.15, -0.1) is 0 Å². The van der Waals surface area contributed by atoms with Crippen molar-refractivity contribution in [1.82, 2.24) is 0 Å². The van der Waals surface area contributed by atoms with Crippen LogP contribution in [0.15, 0.2) is 122 Å². The lowest BCUT2D eigenvalue weighted by molar-refractivity contribution is -0.167. The lowest BCUT2D eigenvalue weighted by atomic mass is 10.0. The normalized spacial score (nSPS) is 12.9. The van der Waals surface area contributed by atoms with E-state index in [1.165, 1.54) is 122 Å². The van der Waals surface area contributed by atoms with Crippen LogP contribution in [0.25, 0.3) is 0 Å². The molecule has 0 amide bonds. The zero-order chi connectivity index (χ0) is 57.1. The van der Waals surface area contributed by atoms with E-state index in [2.05, 4.69) is 142 Å². The van der Waals surface area contributed by atoms with Gasteiger partial charge in [0.25, 0.3) is 0 Å². The van der Waals surface area contributed by atoms with E-state index in [-0.39, 0.29) is 31.1 Å².